The summed E-state index contributed by atoms with van der Waals surface area (Å²) < 4.78 is 19.8. The molecule has 2 aliphatic rings. The van der Waals surface area contributed by atoms with Crippen LogP contribution in [0, 0.1) is 0 Å². The summed E-state index contributed by atoms with van der Waals surface area (Å²) in [6, 6.07) is 67.5. The molecule has 2 unspecified atom stereocenters. The van der Waals surface area contributed by atoms with Crippen LogP contribution < -0.4 is 4.90 Å². The quantitative estimate of drug-likeness (QED) is 0.164. The first-order valence-electron chi connectivity index (χ1n) is 23.7. The Morgan fingerprint density at radius 1 is 0.371 bits per heavy atom. The molecule has 1 aliphatic heterocycles. The predicted octanol–water partition coefficient (Wildman–Crippen LogP) is 16.6. The monoisotopic (exact) mass is 898 g/mol. The highest BCUT2D eigenvalue weighted by atomic mass is 16.3. The number of anilines is 2. The normalized spacial score (nSPS) is 15.3. The number of allylic oxidation sites excluding steroid dienone is 2. The van der Waals surface area contributed by atoms with E-state index in [4.69, 9.17) is 28.2 Å². The van der Waals surface area contributed by atoms with Crippen LogP contribution in [0.5, 0.6) is 0 Å². The average Bonchev–Trinajstić information content (AvgIpc) is 4.20. The van der Waals surface area contributed by atoms with Crippen molar-refractivity contribution in [1.82, 2.24) is 15.0 Å². The molecule has 4 aromatic heterocycles. The van der Waals surface area contributed by atoms with Crippen molar-refractivity contribution < 1.29 is 13.3 Å². The van der Waals surface area contributed by atoms with E-state index in [1.807, 2.05) is 78.9 Å². The first kappa shape index (κ1) is 38.7. The number of rotatable bonds is 6. The summed E-state index contributed by atoms with van der Waals surface area (Å²) in [6.07, 6.45) is 9.01. The lowest BCUT2D eigenvalue weighted by Crippen LogP contribution is -2.28. The molecule has 0 fully saturated rings. The van der Waals surface area contributed by atoms with Crippen molar-refractivity contribution >= 4 is 77.2 Å². The zero-order chi connectivity index (χ0) is 45.9. The summed E-state index contributed by atoms with van der Waals surface area (Å²) in [6.45, 7) is 0. The van der Waals surface area contributed by atoms with Gasteiger partial charge in [-0.15, -0.1) is 0 Å². The van der Waals surface area contributed by atoms with Gasteiger partial charge in [0.05, 0.1) is 11.7 Å². The second-order valence-electron chi connectivity index (χ2n) is 18.2. The number of aromatic nitrogens is 3. The summed E-state index contributed by atoms with van der Waals surface area (Å²) in [4.78, 5) is 18.0. The van der Waals surface area contributed by atoms with Gasteiger partial charge in [0.25, 0.3) is 0 Å². The fourth-order valence-electron chi connectivity index (χ4n) is 11.2. The Morgan fingerprint density at radius 3 is 1.84 bits per heavy atom. The molecule has 9 aromatic carbocycles. The second-order valence-corrected chi connectivity index (χ2v) is 18.2. The van der Waals surface area contributed by atoms with Gasteiger partial charge in [0.2, 0.25) is 0 Å². The molecule has 5 heterocycles. The van der Waals surface area contributed by atoms with E-state index in [9.17, 15) is 0 Å². The van der Waals surface area contributed by atoms with Gasteiger partial charge in [-0.1, -0.05) is 152 Å². The molecule has 1 aliphatic carbocycles. The predicted molar refractivity (Wildman–Crippen MR) is 282 cm³/mol. The summed E-state index contributed by atoms with van der Waals surface area (Å²) in [5, 5.41) is 6.08. The van der Waals surface area contributed by atoms with Crippen LogP contribution in [0.1, 0.15) is 11.5 Å². The van der Waals surface area contributed by atoms with Gasteiger partial charge in [-0.3, -0.25) is 0 Å². The highest BCUT2D eigenvalue weighted by Crippen LogP contribution is 2.54. The molecule has 70 heavy (non-hydrogen) atoms. The first-order valence-corrected chi connectivity index (χ1v) is 23.7. The lowest BCUT2D eigenvalue weighted by atomic mass is 9.89. The smallest absolute Gasteiger partial charge is 0.164 e. The Morgan fingerprint density at radius 2 is 0.986 bits per heavy atom. The van der Waals surface area contributed by atoms with Crippen molar-refractivity contribution in [2.45, 2.75) is 12.0 Å². The number of fused-ring (bicyclic) bond motifs is 12. The van der Waals surface area contributed by atoms with Crippen LogP contribution in [-0.2, 0) is 0 Å². The second kappa shape index (κ2) is 15.1. The fourth-order valence-corrected chi connectivity index (χ4v) is 11.2. The molecule has 7 nitrogen and oxygen atoms in total. The van der Waals surface area contributed by atoms with Crippen molar-refractivity contribution in [3.05, 3.63) is 224 Å². The molecule has 13 aromatic rings. The van der Waals surface area contributed by atoms with Crippen LogP contribution in [-0.4, -0.2) is 21.0 Å². The van der Waals surface area contributed by atoms with Gasteiger partial charge in [-0.05, 0) is 83.4 Å². The summed E-state index contributed by atoms with van der Waals surface area (Å²) >= 11 is 0. The van der Waals surface area contributed by atoms with Gasteiger partial charge >= 0.3 is 0 Å². The van der Waals surface area contributed by atoms with Crippen LogP contribution in [0.3, 0.4) is 0 Å². The Labute approximate surface area is 400 Å². The van der Waals surface area contributed by atoms with Gasteiger partial charge < -0.3 is 18.2 Å². The Kier molecular flexibility index (Phi) is 8.35. The topological polar surface area (TPSA) is 81.3 Å². The standard InChI is InChI=1S/C63H38N4O3/c1-3-15-37(16-4-1)61-64-62(39-30-34-54-49(36-39)43-20-8-11-26-52(43)68-54)66-63(65-61)48-24-14-28-56-57(48)50-35-38(29-33-55(50)69-56)41-31-32-46(60-58(41)47-21-9-12-27-53(47)70-60)45-23-13-22-44-42-19-7-10-25-51(42)67(59(44)45)40-17-5-2-6-18-40/h1-36,42,51H. The highest BCUT2D eigenvalue weighted by Gasteiger charge is 2.39. The van der Waals surface area contributed by atoms with E-state index in [0.717, 1.165) is 110 Å². The summed E-state index contributed by atoms with van der Waals surface area (Å²) in [5.41, 5.74) is 15.5. The number of para-hydroxylation sites is 4. The number of hydrogen-bond donors (Lipinski definition) is 0. The van der Waals surface area contributed by atoms with E-state index in [1.165, 1.54) is 11.3 Å². The number of nitrogens with zero attached hydrogens (tertiary/aromatic N) is 4. The molecule has 0 saturated carbocycles. The van der Waals surface area contributed by atoms with Crippen molar-refractivity contribution in [2.24, 2.45) is 0 Å². The third-order valence-electron chi connectivity index (χ3n) is 14.3. The van der Waals surface area contributed by atoms with Crippen LogP contribution in [0.4, 0.5) is 11.4 Å². The van der Waals surface area contributed by atoms with Gasteiger partial charge in [0, 0.05) is 71.7 Å². The number of benzene rings is 9. The number of hydrogen-bond acceptors (Lipinski definition) is 7. The van der Waals surface area contributed by atoms with E-state index in [0.29, 0.717) is 17.5 Å². The largest absolute Gasteiger partial charge is 0.456 e. The Hall–Kier alpha value is -9.33. The highest BCUT2D eigenvalue weighted by molar-refractivity contribution is 6.19. The van der Waals surface area contributed by atoms with Crippen LogP contribution in [0.2, 0.25) is 0 Å². The molecule has 2 atom stereocenters. The Balaban J connectivity index is 0.917. The molecule has 15 rings (SSSR count). The van der Waals surface area contributed by atoms with Gasteiger partial charge in [-0.2, -0.15) is 0 Å². The van der Waals surface area contributed by atoms with Gasteiger partial charge in [0.1, 0.15) is 33.5 Å². The first-order chi connectivity index (χ1) is 34.7. The summed E-state index contributed by atoms with van der Waals surface area (Å²) in [7, 11) is 0. The van der Waals surface area contributed by atoms with Crippen LogP contribution >= 0.6 is 0 Å². The SMILES string of the molecule is C1=CC2c3cccc(-c4ccc(-c5ccc6oc7cccc(-c8nc(-c9ccccc9)nc(-c9ccc%10oc%11ccccc%11c%10c9)n8)c7c6c5)c5c4oc4ccccc45)c3N(c3ccccc3)C2C=C1. The van der Waals surface area contributed by atoms with E-state index >= 15 is 0 Å². The lowest BCUT2D eigenvalue weighted by molar-refractivity contribution is 0.668. The minimum absolute atomic E-state index is 0.164. The average molecular weight is 899 g/mol. The third kappa shape index (κ3) is 5.85. The third-order valence-corrected chi connectivity index (χ3v) is 14.3. The van der Waals surface area contributed by atoms with E-state index in [2.05, 4.69) is 144 Å². The van der Waals surface area contributed by atoms with E-state index < -0.39 is 0 Å². The molecule has 0 saturated heterocycles. The van der Waals surface area contributed by atoms with Crippen molar-refractivity contribution in [3.63, 3.8) is 0 Å². The number of furan rings is 3. The molecular formula is C63H38N4O3. The maximum absolute atomic E-state index is 6.98. The molecular weight excluding hydrogens is 861 g/mol. The molecule has 0 amide bonds. The fraction of sp³-hybridized carbons (Fsp3) is 0.0317. The molecule has 7 heteroatoms. The summed E-state index contributed by atoms with van der Waals surface area (Å²) in [5.74, 6) is 1.94. The molecule has 0 spiro atoms. The van der Waals surface area contributed by atoms with Crippen LogP contribution in [0.25, 0.3) is 122 Å². The van der Waals surface area contributed by atoms with Crippen molar-refractivity contribution in [3.8, 4) is 56.4 Å². The maximum Gasteiger partial charge on any atom is 0.164 e. The molecule has 0 radical (unpaired) electrons. The zero-order valence-electron chi connectivity index (χ0n) is 37.5. The van der Waals surface area contributed by atoms with Crippen molar-refractivity contribution in [2.75, 3.05) is 4.90 Å². The van der Waals surface area contributed by atoms with E-state index in [1.54, 1.807) is 0 Å². The van der Waals surface area contributed by atoms with Gasteiger partial charge in [-0.25, -0.2) is 15.0 Å². The zero-order valence-corrected chi connectivity index (χ0v) is 37.5. The Bertz CT molecular complexity index is 4330. The van der Waals surface area contributed by atoms with E-state index in [-0.39, 0.29) is 12.0 Å². The minimum Gasteiger partial charge on any atom is -0.456 e. The van der Waals surface area contributed by atoms with Gasteiger partial charge in [0.15, 0.2) is 17.5 Å². The maximum atomic E-state index is 6.98. The molecule has 0 bridgehead atoms. The van der Waals surface area contributed by atoms with Crippen molar-refractivity contribution in [1.29, 1.82) is 0 Å². The molecule has 328 valence electrons. The van der Waals surface area contributed by atoms with Crippen LogP contribution in [0.15, 0.2) is 232 Å². The molecule has 0 N–H and O–H groups in total. The minimum atomic E-state index is 0.164. The lowest BCUT2D eigenvalue weighted by Gasteiger charge is -2.29.